The number of carboxylic acid groups (broad SMARTS) is 1. The third-order valence-corrected chi connectivity index (χ3v) is 11.4. The molecular weight excluding hydrogens is 720 g/mol. The molecule has 2 amide bonds. The topological polar surface area (TPSA) is 151 Å². The number of oxazole rings is 1. The molecule has 5 N–H and O–H groups in total. The summed E-state index contributed by atoms with van der Waals surface area (Å²) in [6, 6.07) is 25.5. The van der Waals surface area contributed by atoms with Crippen molar-refractivity contribution in [3.05, 3.63) is 107 Å². The standard InChI is InChI=1S/C43H47N5O6.2FH/c49-37-15-13-32(33-14-17-40(51)46-42(33)37)38(50)25-44-24-28-11-16-39-34(22-28)45-41(54-39)9-5-4-6-27-10-12-31(29-7-2-1-3-8-29)35(23-27)48(43(52)53)36-26-47-20-18-30(36)19-21-47;;/h1-3,7-8,10-13,15-16,22-23,30,36,38,44,49-50H,4-6,9,14,17-21,24-26H2,(H,46,51)(H,52,53);2*1H/t36?,38-;;/m0../s1. The molecule has 3 fully saturated rings. The van der Waals surface area contributed by atoms with E-state index in [-0.39, 0.29) is 27.1 Å². The van der Waals surface area contributed by atoms with E-state index in [0.717, 1.165) is 96.3 Å². The zero-order valence-electron chi connectivity index (χ0n) is 31.2. The summed E-state index contributed by atoms with van der Waals surface area (Å²) in [4.78, 5) is 33.6. The molecule has 1 unspecified atom stereocenters. The maximum Gasteiger partial charge on any atom is 0.412 e. The van der Waals surface area contributed by atoms with Crippen LogP contribution in [0.2, 0.25) is 0 Å². The molecule has 5 heterocycles. The number of carbonyl (C=O) groups excluding carboxylic acids is 1. The third-order valence-electron chi connectivity index (χ3n) is 11.4. The summed E-state index contributed by atoms with van der Waals surface area (Å²) in [5.41, 5.74) is 8.25. The molecule has 0 spiro atoms. The van der Waals surface area contributed by atoms with E-state index >= 15 is 0 Å². The van der Waals surface area contributed by atoms with Crippen LogP contribution in [0.5, 0.6) is 5.75 Å². The average Bonchev–Trinajstić information content (AvgIpc) is 3.60. The van der Waals surface area contributed by atoms with Gasteiger partial charge in [0.15, 0.2) is 11.5 Å². The van der Waals surface area contributed by atoms with Gasteiger partial charge in [0.2, 0.25) is 5.91 Å². The first-order chi connectivity index (χ1) is 26.3. The molecule has 9 rings (SSSR count). The molecule has 0 saturated carbocycles. The van der Waals surface area contributed by atoms with E-state index < -0.39 is 12.2 Å². The summed E-state index contributed by atoms with van der Waals surface area (Å²) in [5, 5.41) is 37.8. The zero-order chi connectivity index (χ0) is 37.2. The molecule has 2 atom stereocenters. The average molecular weight is 770 g/mol. The van der Waals surface area contributed by atoms with Gasteiger partial charge in [-0.1, -0.05) is 54.6 Å². The maximum atomic E-state index is 12.9. The van der Waals surface area contributed by atoms with Gasteiger partial charge in [0.25, 0.3) is 0 Å². The molecule has 3 saturated heterocycles. The van der Waals surface area contributed by atoms with Gasteiger partial charge in [0, 0.05) is 38.0 Å². The molecule has 0 radical (unpaired) electrons. The number of piperidine rings is 3. The normalized spacial score (nSPS) is 19.0. The van der Waals surface area contributed by atoms with Crippen molar-refractivity contribution < 1.29 is 38.7 Å². The molecule has 13 heteroatoms. The second kappa shape index (κ2) is 17.6. The predicted molar refractivity (Wildman–Crippen MR) is 213 cm³/mol. The number of rotatable bonds is 13. The van der Waals surface area contributed by atoms with Crippen LogP contribution in [0.1, 0.15) is 66.4 Å². The number of aliphatic hydroxyl groups excluding tert-OH is 1. The van der Waals surface area contributed by atoms with Crippen LogP contribution in [0.15, 0.2) is 83.3 Å². The molecule has 0 aliphatic carbocycles. The van der Waals surface area contributed by atoms with E-state index in [1.807, 2.05) is 48.5 Å². The molecule has 4 aliphatic rings. The Morgan fingerprint density at radius 3 is 2.48 bits per heavy atom. The molecule has 56 heavy (non-hydrogen) atoms. The summed E-state index contributed by atoms with van der Waals surface area (Å²) in [7, 11) is 0. The molecule has 2 bridgehead atoms. The highest BCUT2D eigenvalue weighted by Gasteiger charge is 2.41. The van der Waals surface area contributed by atoms with Crippen LogP contribution in [0.3, 0.4) is 0 Å². The fourth-order valence-electron chi connectivity index (χ4n) is 8.56. The largest absolute Gasteiger partial charge is 0.506 e. The first-order valence-electron chi connectivity index (χ1n) is 19.2. The number of aryl methyl sites for hydroxylation is 2. The number of aromatic hydroxyl groups is 1. The lowest BCUT2D eigenvalue weighted by Gasteiger charge is -2.48. The zero-order valence-corrected chi connectivity index (χ0v) is 31.2. The lowest BCUT2D eigenvalue weighted by molar-refractivity contribution is -0.116. The van der Waals surface area contributed by atoms with Gasteiger partial charge in [-0.25, -0.2) is 9.78 Å². The lowest BCUT2D eigenvalue weighted by Crippen LogP contribution is -2.59. The van der Waals surface area contributed by atoms with Crippen LogP contribution in [-0.2, 0) is 30.6 Å². The molecular formula is C43H49F2N5O6. The number of nitrogens with zero attached hydrogens (tertiary/aromatic N) is 3. The number of anilines is 2. The Bertz CT molecular complexity index is 2160. The van der Waals surface area contributed by atoms with E-state index in [0.29, 0.717) is 55.4 Å². The monoisotopic (exact) mass is 769 g/mol. The SMILES string of the molecule is F.F.O=C1CCc2c([C@@H](O)CNCc3ccc4oc(CCCCc5ccc(-c6ccccc6)c(N(C(=O)O)C6CN7CCC6CC7)c5)nc4c3)ccc(O)c2N1. The van der Waals surface area contributed by atoms with Crippen molar-refractivity contribution in [1.29, 1.82) is 0 Å². The first-order valence-corrected chi connectivity index (χ1v) is 19.2. The van der Waals surface area contributed by atoms with Crippen molar-refractivity contribution in [2.75, 3.05) is 36.4 Å². The fraction of sp³-hybridized carbons (Fsp3) is 0.372. The van der Waals surface area contributed by atoms with E-state index in [4.69, 9.17) is 9.40 Å². The molecule has 296 valence electrons. The number of unbranched alkanes of at least 4 members (excludes halogenated alkanes) is 1. The number of hydrogen-bond donors (Lipinski definition) is 5. The van der Waals surface area contributed by atoms with Crippen LogP contribution >= 0.6 is 0 Å². The Kier molecular flexibility index (Phi) is 12.7. The van der Waals surface area contributed by atoms with Crippen molar-refractivity contribution in [3.63, 3.8) is 0 Å². The maximum absolute atomic E-state index is 12.9. The lowest BCUT2D eigenvalue weighted by atomic mass is 9.82. The number of fused-ring (bicyclic) bond motifs is 5. The highest BCUT2D eigenvalue weighted by atomic mass is 19.0. The van der Waals surface area contributed by atoms with Crippen molar-refractivity contribution in [1.82, 2.24) is 15.2 Å². The Balaban J connectivity index is 0.00000266. The second-order valence-electron chi connectivity index (χ2n) is 14.9. The summed E-state index contributed by atoms with van der Waals surface area (Å²) >= 11 is 0. The Labute approximate surface area is 324 Å². The Morgan fingerprint density at radius 2 is 1.73 bits per heavy atom. The van der Waals surface area contributed by atoms with Crippen molar-refractivity contribution in [3.8, 4) is 16.9 Å². The number of benzene rings is 4. The quantitative estimate of drug-likeness (QED) is 0.0612. The van der Waals surface area contributed by atoms with E-state index in [9.17, 15) is 24.9 Å². The summed E-state index contributed by atoms with van der Waals surface area (Å²) in [6.07, 6.45) is 4.49. The number of aromatic nitrogens is 1. The van der Waals surface area contributed by atoms with Gasteiger partial charge in [-0.15, -0.1) is 0 Å². The number of nitrogens with one attached hydrogen (secondary N) is 2. The summed E-state index contributed by atoms with van der Waals surface area (Å²) < 4.78 is 6.08. The number of carbonyl (C=O) groups is 2. The van der Waals surface area contributed by atoms with Gasteiger partial charge in [-0.05, 0) is 110 Å². The molecule has 1 aromatic heterocycles. The van der Waals surface area contributed by atoms with Crippen LogP contribution in [0.4, 0.5) is 25.6 Å². The van der Waals surface area contributed by atoms with Crippen molar-refractivity contribution in [2.24, 2.45) is 5.92 Å². The van der Waals surface area contributed by atoms with Gasteiger partial charge < -0.3 is 35.3 Å². The minimum absolute atomic E-state index is 0. The highest BCUT2D eigenvalue weighted by Crippen LogP contribution is 2.39. The van der Waals surface area contributed by atoms with Crippen LogP contribution in [0, 0.1) is 5.92 Å². The number of halogens is 2. The number of hydrogen-bond acceptors (Lipinski definition) is 8. The van der Waals surface area contributed by atoms with Crippen LogP contribution in [0.25, 0.3) is 22.2 Å². The van der Waals surface area contributed by atoms with Crippen LogP contribution in [-0.4, -0.2) is 69.4 Å². The minimum atomic E-state index is -0.889. The Morgan fingerprint density at radius 1 is 0.964 bits per heavy atom. The molecule has 4 aromatic carbocycles. The van der Waals surface area contributed by atoms with Gasteiger partial charge in [0.1, 0.15) is 11.3 Å². The fourth-order valence-corrected chi connectivity index (χ4v) is 8.56. The van der Waals surface area contributed by atoms with Crippen molar-refractivity contribution in [2.45, 2.75) is 70.1 Å². The van der Waals surface area contributed by atoms with E-state index in [1.54, 1.807) is 11.0 Å². The number of aliphatic hydroxyl groups is 1. The predicted octanol–water partition coefficient (Wildman–Crippen LogP) is 7.36. The van der Waals surface area contributed by atoms with Gasteiger partial charge in [-0.3, -0.25) is 19.1 Å². The smallest absolute Gasteiger partial charge is 0.412 e. The summed E-state index contributed by atoms with van der Waals surface area (Å²) in [5.74, 6) is 0.936. The highest BCUT2D eigenvalue weighted by molar-refractivity contribution is 5.96. The number of phenolic OH excluding ortho intramolecular Hbond substituents is 1. The number of phenols is 1. The van der Waals surface area contributed by atoms with E-state index in [2.05, 4.69) is 33.7 Å². The van der Waals surface area contributed by atoms with Gasteiger partial charge in [0.05, 0.1) is 23.5 Å². The summed E-state index contributed by atoms with van der Waals surface area (Å²) in [6.45, 7) is 3.72. The molecule has 5 aromatic rings. The Hall–Kier alpha value is -5.37. The van der Waals surface area contributed by atoms with Crippen LogP contribution < -0.4 is 15.5 Å². The minimum Gasteiger partial charge on any atom is -0.506 e. The van der Waals surface area contributed by atoms with Crippen molar-refractivity contribution >= 4 is 34.5 Å². The molecule has 4 aliphatic heterocycles. The van der Waals surface area contributed by atoms with E-state index in [1.165, 1.54) is 6.07 Å². The second-order valence-corrected chi connectivity index (χ2v) is 14.9. The van der Waals surface area contributed by atoms with Gasteiger partial charge >= 0.3 is 6.09 Å². The number of amides is 2. The van der Waals surface area contributed by atoms with Gasteiger partial charge in [-0.2, -0.15) is 0 Å². The first kappa shape index (κ1) is 40.3. The molecule has 11 nitrogen and oxygen atoms in total. The third kappa shape index (κ3) is 8.54.